The van der Waals surface area contributed by atoms with Gasteiger partial charge in [-0.05, 0) is 35.2 Å². The van der Waals surface area contributed by atoms with Crippen LogP contribution < -0.4 is 0 Å². The molecule has 2 heterocycles. The third-order valence-corrected chi connectivity index (χ3v) is 5.18. The van der Waals surface area contributed by atoms with Crippen LogP contribution in [0.5, 0.6) is 0 Å². The molecule has 25 heavy (non-hydrogen) atoms. The number of halogens is 1. The van der Waals surface area contributed by atoms with Crippen molar-refractivity contribution in [3.63, 3.8) is 0 Å². The Kier molecular flexibility index (Phi) is 3.44. The third-order valence-electron chi connectivity index (χ3n) is 4.93. The smallest absolute Gasteiger partial charge is 0.301 e. The summed E-state index contributed by atoms with van der Waals surface area (Å²) in [5, 5.41) is 0.538. The van der Waals surface area contributed by atoms with Crippen LogP contribution in [-0.2, 0) is 21.5 Å². The number of urea groups is 1. The minimum absolute atomic E-state index is 0.369. The third kappa shape index (κ3) is 1.99. The van der Waals surface area contributed by atoms with Crippen LogP contribution in [0, 0.1) is 0 Å². The number of carbonyl (C=O) groups excluding carboxylic acids is 3. The van der Waals surface area contributed by atoms with Crippen molar-refractivity contribution in [2.75, 3.05) is 6.54 Å². The second-order valence-corrected chi connectivity index (χ2v) is 6.65. The van der Waals surface area contributed by atoms with E-state index in [2.05, 4.69) is 0 Å². The summed E-state index contributed by atoms with van der Waals surface area (Å²) in [7, 11) is 0. The van der Waals surface area contributed by atoms with Crippen LogP contribution in [0.15, 0.2) is 48.5 Å². The minimum atomic E-state index is -1.32. The Morgan fingerprint density at radius 2 is 1.76 bits per heavy atom. The largest absolute Gasteiger partial charge is 0.335 e. The predicted octanol–water partition coefficient (Wildman–Crippen LogP) is 2.95. The van der Waals surface area contributed by atoms with Crippen LogP contribution in [-0.4, -0.2) is 34.2 Å². The Morgan fingerprint density at radius 3 is 2.44 bits per heavy atom. The highest BCUT2D eigenvalue weighted by molar-refractivity contribution is 6.30. The maximum atomic E-state index is 13.4. The van der Waals surface area contributed by atoms with Crippen molar-refractivity contribution in [1.82, 2.24) is 9.80 Å². The summed E-state index contributed by atoms with van der Waals surface area (Å²) in [5.41, 5.74) is 1.06. The van der Waals surface area contributed by atoms with Gasteiger partial charge in [0.2, 0.25) is 5.91 Å². The zero-order chi connectivity index (χ0) is 17.8. The number of fused-ring (bicyclic) bond motifs is 3. The van der Waals surface area contributed by atoms with Crippen molar-refractivity contribution in [3.05, 3.63) is 70.2 Å². The molecular formula is C19H15ClN2O3. The fourth-order valence-electron chi connectivity index (χ4n) is 3.88. The number of rotatable bonds is 1. The number of benzene rings is 2. The molecule has 0 bridgehead atoms. The molecule has 1 unspecified atom stereocenters. The number of imide groups is 3. The molecule has 0 saturated carbocycles. The molecule has 0 aliphatic carbocycles. The second-order valence-electron chi connectivity index (χ2n) is 6.22. The minimum Gasteiger partial charge on any atom is -0.301 e. The quantitative estimate of drug-likeness (QED) is 0.740. The highest BCUT2D eigenvalue weighted by Crippen LogP contribution is 2.47. The van der Waals surface area contributed by atoms with Gasteiger partial charge in [0.1, 0.15) is 0 Å². The van der Waals surface area contributed by atoms with E-state index in [0.29, 0.717) is 23.6 Å². The van der Waals surface area contributed by atoms with E-state index in [1.54, 1.807) is 24.3 Å². The summed E-state index contributed by atoms with van der Waals surface area (Å²) >= 11 is 6.01. The van der Waals surface area contributed by atoms with E-state index in [1.807, 2.05) is 24.3 Å². The number of amides is 4. The van der Waals surface area contributed by atoms with Crippen molar-refractivity contribution < 1.29 is 14.4 Å². The van der Waals surface area contributed by atoms with Crippen LogP contribution in [0.1, 0.15) is 23.6 Å². The van der Waals surface area contributed by atoms with Gasteiger partial charge < -0.3 is 4.90 Å². The van der Waals surface area contributed by atoms with E-state index in [1.165, 1.54) is 11.8 Å². The Hall–Kier alpha value is -2.66. The lowest BCUT2D eigenvalue weighted by Crippen LogP contribution is -2.52. The number of carbonyl (C=O) groups is 3. The Balaban J connectivity index is 2.05. The summed E-state index contributed by atoms with van der Waals surface area (Å²) in [6.07, 6.45) is 0.635. The molecule has 0 N–H and O–H groups in total. The van der Waals surface area contributed by atoms with Crippen LogP contribution in [0.3, 0.4) is 0 Å². The van der Waals surface area contributed by atoms with Gasteiger partial charge >= 0.3 is 6.03 Å². The summed E-state index contributed by atoms with van der Waals surface area (Å²) < 4.78 is 0. The molecule has 1 fully saturated rings. The number of nitrogens with zero attached hydrogens (tertiary/aromatic N) is 2. The topological polar surface area (TPSA) is 57.7 Å². The zero-order valence-corrected chi connectivity index (χ0v) is 14.3. The lowest BCUT2D eigenvalue weighted by atomic mass is 9.76. The Labute approximate surface area is 149 Å². The molecule has 0 radical (unpaired) electrons. The van der Waals surface area contributed by atoms with E-state index >= 15 is 0 Å². The SMILES string of the molecule is CC(=O)N1C(=O)N2CCc3ccccc3C2(c2ccc(Cl)cc2)C1=O. The lowest BCUT2D eigenvalue weighted by Gasteiger charge is -2.41. The summed E-state index contributed by atoms with van der Waals surface area (Å²) in [4.78, 5) is 40.4. The Morgan fingerprint density at radius 1 is 1.08 bits per heavy atom. The molecule has 0 spiro atoms. The van der Waals surface area contributed by atoms with Gasteiger partial charge in [-0.2, -0.15) is 4.90 Å². The second kappa shape index (κ2) is 5.43. The lowest BCUT2D eigenvalue weighted by molar-refractivity contribution is -0.140. The fourth-order valence-corrected chi connectivity index (χ4v) is 4.01. The first kappa shape index (κ1) is 15.8. The fraction of sp³-hybridized carbons (Fsp3) is 0.211. The molecule has 5 nitrogen and oxygen atoms in total. The van der Waals surface area contributed by atoms with Crippen molar-refractivity contribution in [1.29, 1.82) is 0 Å². The van der Waals surface area contributed by atoms with Gasteiger partial charge in [-0.25, -0.2) is 4.79 Å². The monoisotopic (exact) mass is 354 g/mol. The van der Waals surface area contributed by atoms with Crippen LogP contribution in [0.4, 0.5) is 4.79 Å². The van der Waals surface area contributed by atoms with E-state index < -0.39 is 23.4 Å². The number of hydrogen-bond acceptors (Lipinski definition) is 3. The first-order valence-corrected chi connectivity index (χ1v) is 8.37. The van der Waals surface area contributed by atoms with Gasteiger partial charge in [0, 0.05) is 18.5 Å². The molecule has 2 aromatic carbocycles. The van der Waals surface area contributed by atoms with Gasteiger partial charge in [-0.1, -0.05) is 48.0 Å². The maximum absolute atomic E-state index is 13.4. The van der Waals surface area contributed by atoms with E-state index in [0.717, 1.165) is 16.0 Å². The van der Waals surface area contributed by atoms with Gasteiger partial charge in [0.25, 0.3) is 5.91 Å². The van der Waals surface area contributed by atoms with E-state index in [-0.39, 0.29) is 0 Å². The molecule has 0 aromatic heterocycles. The first-order valence-electron chi connectivity index (χ1n) is 7.99. The van der Waals surface area contributed by atoms with Crippen molar-refractivity contribution in [3.8, 4) is 0 Å². The molecule has 126 valence electrons. The van der Waals surface area contributed by atoms with Gasteiger partial charge in [0.15, 0.2) is 5.54 Å². The molecule has 2 aromatic rings. The summed E-state index contributed by atoms with van der Waals surface area (Å²) in [6.45, 7) is 1.60. The Bertz CT molecular complexity index is 909. The average Bonchev–Trinajstić information content (AvgIpc) is 2.84. The van der Waals surface area contributed by atoms with Crippen molar-refractivity contribution in [2.45, 2.75) is 18.9 Å². The zero-order valence-electron chi connectivity index (χ0n) is 13.5. The van der Waals surface area contributed by atoms with Crippen molar-refractivity contribution >= 4 is 29.4 Å². The van der Waals surface area contributed by atoms with Crippen LogP contribution in [0.25, 0.3) is 0 Å². The van der Waals surface area contributed by atoms with E-state index in [4.69, 9.17) is 11.6 Å². The van der Waals surface area contributed by atoms with Gasteiger partial charge in [-0.3, -0.25) is 9.59 Å². The predicted molar refractivity (Wildman–Crippen MR) is 92.0 cm³/mol. The van der Waals surface area contributed by atoms with Crippen molar-refractivity contribution in [2.24, 2.45) is 0 Å². The standard InChI is InChI=1S/C19H15ClN2O3/c1-12(23)22-17(24)19(14-6-8-15(20)9-7-14)16-5-3-2-4-13(16)10-11-21(19)18(22)25/h2-9H,10-11H2,1H3. The van der Waals surface area contributed by atoms with E-state index in [9.17, 15) is 14.4 Å². The molecule has 4 amide bonds. The molecule has 2 aliphatic rings. The molecule has 1 atom stereocenters. The molecule has 4 rings (SSSR count). The van der Waals surface area contributed by atoms with Crippen LogP contribution in [0.2, 0.25) is 5.02 Å². The number of hydrogen-bond donors (Lipinski definition) is 0. The first-order chi connectivity index (χ1) is 12.0. The summed E-state index contributed by atoms with van der Waals surface area (Å²) in [5.74, 6) is -1.10. The molecule has 2 aliphatic heterocycles. The average molecular weight is 355 g/mol. The highest BCUT2D eigenvalue weighted by Gasteiger charge is 2.62. The molecule has 1 saturated heterocycles. The molecule has 6 heteroatoms. The van der Waals surface area contributed by atoms with Gasteiger partial charge in [-0.15, -0.1) is 0 Å². The van der Waals surface area contributed by atoms with Gasteiger partial charge in [0.05, 0.1) is 0 Å². The summed E-state index contributed by atoms with van der Waals surface area (Å²) in [6, 6.07) is 13.9. The molecular weight excluding hydrogens is 340 g/mol. The van der Waals surface area contributed by atoms with Crippen LogP contribution >= 0.6 is 11.6 Å². The normalized spacial score (nSPS) is 22.0. The maximum Gasteiger partial charge on any atom is 0.335 e. The highest BCUT2D eigenvalue weighted by atomic mass is 35.5.